The zero-order valence-corrected chi connectivity index (χ0v) is 13.4. The van der Waals surface area contributed by atoms with Gasteiger partial charge in [0.05, 0.1) is 0 Å². The predicted octanol–water partition coefficient (Wildman–Crippen LogP) is 2.01. The Morgan fingerprint density at radius 2 is 2.38 bits per heavy atom. The zero-order valence-electron chi connectivity index (χ0n) is 13.4. The molecule has 0 amide bonds. The standard InChI is InChI=1S/C15H27N5O/c1-4-16-15(20-10-6-7-12(2)11-20)17-9-5-8-14-18-13(3)19-21-14/h12H,4-11H2,1-3H3,(H,16,17). The van der Waals surface area contributed by atoms with E-state index < -0.39 is 0 Å². The highest BCUT2D eigenvalue weighted by molar-refractivity contribution is 5.80. The Balaban J connectivity index is 1.82. The van der Waals surface area contributed by atoms with Gasteiger partial charge in [-0.2, -0.15) is 4.98 Å². The Kier molecular flexibility index (Phi) is 6.02. The summed E-state index contributed by atoms with van der Waals surface area (Å²) in [5.74, 6) is 3.21. The van der Waals surface area contributed by atoms with Crippen LogP contribution in [0.2, 0.25) is 0 Å². The number of nitrogens with zero attached hydrogens (tertiary/aromatic N) is 4. The average molecular weight is 293 g/mol. The normalized spacial score (nSPS) is 19.9. The van der Waals surface area contributed by atoms with Gasteiger partial charge in [0.25, 0.3) is 0 Å². The van der Waals surface area contributed by atoms with Crippen LogP contribution in [0.3, 0.4) is 0 Å². The molecule has 118 valence electrons. The second kappa shape index (κ2) is 8.00. The molecule has 6 heteroatoms. The molecule has 1 unspecified atom stereocenters. The first-order chi connectivity index (χ1) is 10.2. The number of likely N-dealkylation sites (tertiary alicyclic amines) is 1. The highest BCUT2D eigenvalue weighted by atomic mass is 16.5. The number of guanidine groups is 1. The molecule has 0 aliphatic carbocycles. The molecule has 0 saturated carbocycles. The van der Waals surface area contributed by atoms with Crippen LogP contribution in [0.1, 0.15) is 44.8 Å². The molecule has 1 aliphatic heterocycles. The zero-order chi connectivity index (χ0) is 15.1. The Labute approximate surface area is 127 Å². The molecule has 2 heterocycles. The van der Waals surface area contributed by atoms with Gasteiger partial charge in [-0.25, -0.2) is 0 Å². The lowest BCUT2D eigenvalue weighted by Crippen LogP contribution is -2.46. The average Bonchev–Trinajstić information content (AvgIpc) is 2.88. The summed E-state index contributed by atoms with van der Waals surface area (Å²) in [6.07, 6.45) is 4.30. The van der Waals surface area contributed by atoms with E-state index in [1.54, 1.807) is 0 Å². The maximum absolute atomic E-state index is 5.11. The Morgan fingerprint density at radius 3 is 3.05 bits per heavy atom. The number of aryl methyl sites for hydroxylation is 2. The first-order valence-corrected chi connectivity index (χ1v) is 8.01. The van der Waals surface area contributed by atoms with E-state index in [1.165, 1.54) is 12.8 Å². The van der Waals surface area contributed by atoms with Crippen molar-refractivity contribution in [1.82, 2.24) is 20.4 Å². The summed E-state index contributed by atoms with van der Waals surface area (Å²) in [4.78, 5) is 11.3. The van der Waals surface area contributed by atoms with E-state index >= 15 is 0 Å². The molecule has 1 aromatic rings. The SMILES string of the molecule is CCNC(=NCCCc1nc(C)no1)N1CCCC(C)C1. The molecule has 0 bridgehead atoms. The van der Waals surface area contributed by atoms with Gasteiger partial charge in [0.15, 0.2) is 11.8 Å². The second-order valence-corrected chi connectivity index (χ2v) is 5.77. The highest BCUT2D eigenvalue weighted by Crippen LogP contribution is 2.15. The minimum atomic E-state index is 0.698. The van der Waals surface area contributed by atoms with E-state index in [1.807, 2.05) is 6.92 Å². The van der Waals surface area contributed by atoms with Gasteiger partial charge >= 0.3 is 0 Å². The Hall–Kier alpha value is -1.59. The Bertz CT molecular complexity index is 457. The molecule has 1 fully saturated rings. The third kappa shape index (κ3) is 5.02. The van der Waals surface area contributed by atoms with Crippen molar-refractivity contribution >= 4 is 5.96 Å². The second-order valence-electron chi connectivity index (χ2n) is 5.77. The fraction of sp³-hybridized carbons (Fsp3) is 0.800. The lowest BCUT2D eigenvalue weighted by molar-refractivity contribution is 0.266. The van der Waals surface area contributed by atoms with Gasteiger partial charge in [0, 0.05) is 32.6 Å². The van der Waals surface area contributed by atoms with E-state index in [2.05, 4.69) is 34.2 Å². The van der Waals surface area contributed by atoms with E-state index in [0.717, 1.165) is 50.9 Å². The first kappa shape index (κ1) is 15.8. The number of aliphatic imine (C=N–C) groups is 1. The number of hydrogen-bond acceptors (Lipinski definition) is 4. The number of nitrogens with one attached hydrogen (secondary N) is 1. The molecular formula is C15H27N5O. The van der Waals surface area contributed by atoms with Crippen LogP contribution in [0.4, 0.5) is 0 Å². The molecule has 6 nitrogen and oxygen atoms in total. The monoisotopic (exact) mass is 293 g/mol. The van der Waals surface area contributed by atoms with Crippen molar-refractivity contribution in [2.75, 3.05) is 26.2 Å². The molecule has 1 atom stereocenters. The van der Waals surface area contributed by atoms with Crippen LogP contribution in [0, 0.1) is 12.8 Å². The highest BCUT2D eigenvalue weighted by Gasteiger charge is 2.18. The topological polar surface area (TPSA) is 66.5 Å². The minimum absolute atomic E-state index is 0.698. The van der Waals surface area contributed by atoms with Gasteiger partial charge in [-0.05, 0) is 39.0 Å². The van der Waals surface area contributed by atoms with Crippen molar-refractivity contribution < 1.29 is 4.52 Å². The fourth-order valence-corrected chi connectivity index (χ4v) is 2.66. The van der Waals surface area contributed by atoms with Crippen molar-refractivity contribution in [1.29, 1.82) is 0 Å². The quantitative estimate of drug-likeness (QED) is 0.511. The van der Waals surface area contributed by atoms with Crippen molar-refractivity contribution in [3.8, 4) is 0 Å². The van der Waals surface area contributed by atoms with E-state index in [4.69, 9.17) is 9.52 Å². The van der Waals surface area contributed by atoms with Gasteiger partial charge < -0.3 is 14.7 Å². The molecule has 0 spiro atoms. The fourth-order valence-electron chi connectivity index (χ4n) is 2.66. The van der Waals surface area contributed by atoms with Gasteiger partial charge in [-0.1, -0.05) is 12.1 Å². The lowest BCUT2D eigenvalue weighted by Gasteiger charge is -2.33. The first-order valence-electron chi connectivity index (χ1n) is 8.01. The van der Waals surface area contributed by atoms with Gasteiger partial charge in [0.1, 0.15) is 0 Å². The number of rotatable bonds is 5. The van der Waals surface area contributed by atoms with Crippen molar-refractivity contribution in [3.63, 3.8) is 0 Å². The smallest absolute Gasteiger partial charge is 0.226 e. The summed E-state index contributed by atoms with van der Waals surface area (Å²) >= 11 is 0. The van der Waals surface area contributed by atoms with Crippen molar-refractivity contribution in [2.45, 2.75) is 46.5 Å². The summed E-state index contributed by atoms with van der Waals surface area (Å²) in [7, 11) is 0. The van der Waals surface area contributed by atoms with Crippen LogP contribution in [0.5, 0.6) is 0 Å². The predicted molar refractivity (Wildman–Crippen MR) is 83.3 cm³/mol. The molecule has 1 saturated heterocycles. The van der Waals surface area contributed by atoms with E-state index in [9.17, 15) is 0 Å². The molecular weight excluding hydrogens is 266 g/mol. The van der Waals surface area contributed by atoms with Crippen LogP contribution in [-0.2, 0) is 6.42 Å². The van der Waals surface area contributed by atoms with Crippen molar-refractivity contribution in [3.05, 3.63) is 11.7 Å². The number of hydrogen-bond donors (Lipinski definition) is 1. The van der Waals surface area contributed by atoms with E-state index in [-0.39, 0.29) is 0 Å². The van der Waals surface area contributed by atoms with Crippen LogP contribution < -0.4 is 5.32 Å². The largest absolute Gasteiger partial charge is 0.357 e. The van der Waals surface area contributed by atoms with Gasteiger partial charge in [-0.15, -0.1) is 0 Å². The molecule has 2 rings (SSSR count). The number of piperidine rings is 1. The van der Waals surface area contributed by atoms with Gasteiger partial charge in [0.2, 0.25) is 5.89 Å². The van der Waals surface area contributed by atoms with Gasteiger partial charge in [-0.3, -0.25) is 4.99 Å². The summed E-state index contributed by atoms with van der Waals surface area (Å²) in [6, 6.07) is 0. The van der Waals surface area contributed by atoms with Crippen LogP contribution in [0.15, 0.2) is 9.52 Å². The summed E-state index contributed by atoms with van der Waals surface area (Å²) in [5, 5.41) is 7.20. The van der Waals surface area contributed by atoms with Crippen LogP contribution in [0.25, 0.3) is 0 Å². The van der Waals surface area contributed by atoms with E-state index in [0.29, 0.717) is 11.7 Å². The molecule has 0 aromatic carbocycles. The Morgan fingerprint density at radius 1 is 1.52 bits per heavy atom. The lowest BCUT2D eigenvalue weighted by atomic mass is 10.0. The van der Waals surface area contributed by atoms with Crippen molar-refractivity contribution in [2.24, 2.45) is 10.9 Å². The summed E-state index contributed by atoms with van der Waals surface area (Å²) < 4.78 is 5.11. The third-order valence-corrected chi connectivity index (χ3v) is 3.67. The molecule has 1 aliphatic rings. The maximum Gasteiger partial charge on any atom is 0.226 e. The maximum atomic E-state index is 5.11. The van der Waals surface area contributed by atoms with Crippen LogP contribution >= 0.6 is 0 Å². The summed E-state index contributed by atoms with van der Waals surface area (Å²) in [5.41, 5.74) is 0. The molecule has 0 radical (unpaired) electrons. The number of aromatic nitrogens is 2. The molecule has 1 aromatic heterocycles. The van der Waals surface area contributed by atoms with Crippen LogP contribution in [-0.4, -0.2) is 47.2 Å². The molecule has 21 heavy (non-hydrogen) atoms. The third-order valence-electron chi connectivity index (χ3n) is 3.67. The summed E-state index contributed by atoms with van der Waals surface area (Å²) in [6.45, 7) is 10.2. The minimum Gasteiger partial charge on any atom is -0.357 e. The molecule has 1 N–H and O–H groups in total.